The van der Waals surface area contributed by atoms with Gasteiger partial charge in [0.25, 0.3) is 0 Å². The molecule has 0 aromatic carbocycles. The number of pyridine rings is 1. The first-order valence-corrected chi connectivity index (χ1v) is 8.63. The Bertz CT molecular complexity index is 425. The number of rotatable bonds is 3. The van der Waals surface area contributed by atoms with Gasteiger partial charge in [0.2, 0.25) is 0 Å². The lowest BCUT2D eigenvalue weighted by molar-refractivity contribution is 0.208. The topological polar surface area (TPSA) is 28.2 Å². The molecular formula is C18H29N3. The second-order valence-corrected chi connectivity index (χ2v) is 7.10. The largest absolute Gasteiger partial charge is 0.371 e. The normalized spacial score (nSPS) is 31.3. The highest BCUT2D eigenvalue weighted by Crippen LogP contribution is 2.30. The minimum Gasteiger partial charge on any atom is -0.371 e. The second-order valence-electron chi connectivity index (χ2n) is 7.10. The molecule has 3 atom stereocenters. The van der Waals surface area contributed by atoms with Crippen LogP contribution in [-0.4, -0.2) is 30.2 Å². The zero-order valence-corrected chi connectivity index (χ0v) is 13.5. The molecule has 2 heterocycles. The lowest BCUT2D eigenvalue weighted by Gasteiger charge is -2.39. The molecule has 3 heteroatoms. The van der Waals surface area contributed by atoms with Gasteiger partial charge in [0.05, 0.1) is 0 Å². The predicted molar refractivity (Wildman–Crippen MR) is 88.6 cm³/mol. The Balaban J connectivity index is 1.46. The van der Waals surface area contributed by atoms with E-state index < -0.39 is 0 Å². The van der Waals surface area contributed by atoms with Gasteiger partial charge in [0.15, 0.2) is 0 Å². The fraction of sp³-hybridized carbons (Fsp3) is 0.722. The summed E-state index contributed by atoms with van der Waals surface area (Å²) >= 11 is 0. The molecule has 0 spiro atoms. The van der Waals surface area contributed by atoms with Crippen LogP contribution in [0.1, 0.15) is 46.0 Å². The molecule has 3 nitrogen and oxygen atoms in total. The Morgan fingerprint density at radius 3 is 2.33 bits per heavy atom. The predicted octanol–water partition coefficient (Wildman–Crippen LogP) is 3.46. The average Bonchev–Trinajstić information content (AvgIpc) is 2.53. The molecule has 0 amide bonds. The summed E-state index contributed by atoms with van der Waals surface area (Å²) in [6, 6.07) is 5.72. The molecule has 1 aromatic rings. The highest BCUT2D eigenvalue weighted by atomic mass is 15.1. The van der Waals surface area contributed by atoms with Crippen molar-refractivity contribution in [3.63, 3.8) is 0 Å². The Labute approximate surface area is 129 Å². The first-order chi connectivity index (χ1) is 10.2. The zero-order valence-electron chi connectivity index (χ0n) is 13.5. The number of anilines is 1. The van der Waals surface area contributed by atoms with E-state index in [2.05, 4.69) is 41.2 Å². The van der Waals surface area contributed by atoms with E-state index in [4.69, 9.17) is 0 Å². The van der Waals surface area contributed by atoms with Crippen molar-refractivity contribution < 1.29 is 0 Å². The number of hydrogen-bond donors (Lipinski definition) is 1. The van der Waals surface area contributed by atoms with Crippen LogP contribution in [0.4, 0.5) is 5.69 Å². The minimum atomic E-state index is 0.716. The molecule has 3 unspecified atom stereocenters. The summed E-state index contributed by atoms with van der Waals surface area (Å²) in [4.78, 5) is 6.60. The van der Waals surface area contributed by atoms with E-state index in [0.29, 0.717) is 6.04 Å². The zero-order chi connectivity index (χ0) is 14.7. The summed E-state index contributed by atoms with van der Waals surface area (Å²) in [6.45, 7) is 7.17. The van der Waals surface area contributed by atoms with Gasteiger partial charge >= 0.3 is 0 Å². The number of nitrogens with zero attached hydrogens (tertiary/aromatic N) is 2. The maximum Gasteiger partial charge on any atom is 0.0397 e. The molecule has 2 fully saturated rings. The summed E-state index contributed by atoms with van der Waals surface area (Å²) < 4.78 is 0. The molecule has 1 saturated heterocycles. The Kier molecular flexibility index (Phi) is 4.79. The number of hydrogen-bond acceptors (Lipinski definition) is 3. The number of piperidine rings is 1. The molecule has 21 heavy (non-hydrogen) atoms. The standard InChI is InChI=1S/C18H29N3/c1-14-3-4-17(13-15(14)2)20-16-7-11-21(12-8-16)18-5-9-19-10-6-18/h5-6,9-10,14-17,20H,3-4,7-8,11-13H2,1-2H3. The van der Waals surface area contributed by atoms with E-state index in [-0.39, 0.29) is 0 Å². The van der Waals surface area contributed by atoms with Crippen LogP contribution in [0.3, 0.4) is 0 Å². The first-order valence-electron chi connectivity index (χ1n) is 8.63. The van der Waals surface area contributed by atoms with E-state index in [0.717, 1.165) is 17.9 Å². The number of aromatic nitrogens is 1. The van der Waals surface area contributed by atoms with Gasteiger partial charge in [-0.2, -0.15) is 0 Å². The van der Waals surface area contributed by atoms with Crippen molar-refractivity contribution in [3.8, 4) is 0 Å². The van der Waals surface area contributed by atoms with E-state index in [9.17, 15) is 0 Å². The third kappa shape index (κ3) is 3.76. The quantitative estimate of drug-likeness (QED) is 0.922. The van der Waals surface area contributed by atoms with Gasteiger partial charge in [-0.1, -0.05) is 13.8 Å². The van der Waals surface area contributed by atoms with Crippen LogP contribution < -0.4 is 10.2 Å². The molecule has 1 aromatic heterocycles. The van der Waals surface area contributed by atoms with Crippen LogP contribution in [0, 0.1) is 11.8 Å². The highest BCUT2D eigenvalue weighted by Gasteiger charge is 2.27. The van der Waals surface area contributed by atoms with Crippen LogP contribution in [0.25, 0.3) is 0 Å². The SMILES string of the molecule is CC1CCC(NC2CCN(c3ccncc3)CC2)CC1C. The molecule has 3 rings (SSSR count). The van der Waals surface area contributed by atoms with Gasteiger partial charge < -0.3 is 10.2 Å². The maximum absolute atomic E-state index is 4.11. The van der Waals surface area contributed by atoms with Gasteiger partial charge in [-0.05, 0) is 56.1 Å². The van der Waals surface area contributed by atoms with Gasteiger partial charge in [-0.25, -0.2) is 0 Å². The molecule has 1 N–H and O–H groups in total. The van der Waals surface area contributed by atoms with Crippen LogP contribution in [-0.2, 0) is 0 Å². The van der Waals surface area contributed by atoms with Crippen LogP contribution in [0.15, 0.2) is 24.5 Å². The molecule has 1 aliphatic heterocycles. The Hall–Kier alpha value is -1.09. The minimum absolute atomic E-state index is 0.716. The van der Waals surface area contributed by atoms with Gasteiger partial charge in [-0.3, -0.25) is 4.98 Å². The van der Waals surface area contributed by atoms with Crippen molar-refractivity contribution in [1.29, 1.82) is 0 Å². The fourth-order valence-corrected chi connectivity index (χ4v) is 3.89. The van der Waals surface area contributed by atoms with E-state index in [1.807, 2.05) is 12.4 Å². The highest BCUT2D eigenvalue weighted by molar-refractivity contribution is 5.44. The number of nitrogens with one attached hydrogen (secondary N) is 1. The third-order valence-corrected chi connectivity index (χ3v) is 5.59. The average molecular weight is 287 g/mol. The summed E-state index contributed by atoms with van der Waals surface area (Å²) in [5, 5.41) is 3.94. The smallest absolute Gasteiger partial charge is 0.0397 e. The monoisotopic (exact) mass is 287 g/mol. The van der Waals surface area contributed by atoms with E-state index in [1.54, 1.807) is 0 Å². The molecule has 0 bridgehead atoms. The molecule has 1 saturated carbocycles. The molecule has 1 aliphatic carbocycles. The summed E-state index contributed by atoms with van der Waals surface area (Å²) in [6.07, 6.45) is 10.5. The second kappa shape index (κ2) is 6.78. The van der Waals surface area contributed by atoms with Crippen molar-refractivity contribution in [2.75, 3.05) is 18.0 Å². The van der Waals surface area contributed by atoms with Crippen molar-refractivity contribution >= 4 is 5.69 Å². The third-order valence-electron chi connectivity index (χ3n) is 5.59. The van der Waals surface area contributed by atoms with Crippen LogP contribution in [0.5, 0.6) is 0 Å². The summed E-state index contributed by atoms with van der Waals surface area (Å²) in [5.41, 5.74) is 1.32. The van der Waals surface area contributed by atoms with Gasteiger partial charge in [-0.15, -0.1) is 0 Å². The Morgan fingerprint density at radius 1 is 0.952 bits per heavy atom. The van der Waals surface area contributed by atoms with Crippen LogP contribution >= 0.6 is 0 Å². The van der Waals surface area contributed by atoms with E-state index in [1.165, 1.54) is 50.9 Å². The molecule has 0 radical (unpaired) electrons. The molecule has 116 valence electrons. The first kappa shape index (κ1) is 14.8. The lowest BCUT2D eigenvalue weighted by atomic mass is 9.79. The molecular weight excluding hydrogens is 258 g/mol. The van der Waals surface area contributed by atoms with E-state index >= 15 is 0 Å². The molecule has 2 aliphatic rings. The van der Waals surface area contributed by atoms with Crippen LogP contribution in [0.2, 0.25) is 0 Å². The fourth-order valence-electron chi connectivity index (χ4n) is 3.89. The van der Waals surface area contributed by atoms with Gasteiger partial charge in [0, 0.05) is 43.3 Å². The maximum atomic E-state index is 4.11. The van der Waals surface area contributed by atoms with Crippen molar-refractivity contribution in [2.24, 2.45) is 11.8 Å². The Morgan fingerprint density at radius 2 is 1.67 bits per heavy atom. The van der Waals surface area contributed by atoms with Crippen molar-refractivity contribution in [1.82, 2.24) is 10.3 Å². The lowest BCUT2D eigenvalue weighted by Crippen LogP contribution is -2.48. The van der Waals surface area contributed by atoms with Crippen molar-refractivity contribution in [3.05, 3.63) is 24.5 Å². The van der Waals surface area contributed by atoms with Crippen molar-refractivity contribution in [2.45, 2.75) is 58.0 Å². The summed E-state index contributed by atoms with van der Waals surface area (Å²) in [7, 11) is 0. The summed E-state index contributed by atoms with van der Waals surface area (Å²) in [5.74, 6) is 1.80. The van der Waals surface area contributed by atoms with Gasteiger partial charge in [0.1, 0.15) is 0 Å².